The second-order valence-corrected chi connectivity index (χ2v) is 6.06. The molecule has 21 heavy (non-hydrogen) atoms. The predicted octanol–water partition coefficient (Wildman–Crippen LogP) is 2.50. The van der Waals surface area contributed by atoms with Crippen LogP contribution in [0, 0.1) is 17.0 Å². The number of amides is 1. The minimum absolute atomic E-state index is 0.147. The average molecular weight is 301 g/mol. The maximum Gasteiger partial charge on any atom is 0.257 e. The molecule has 1 unspecified atom stereocenters. The lowest BCUT2D eigenvalue weighted by atomic mass is 9.88. The molecule has 6 heteroatoms. The van der Waals surface area contributed by atoms with E-state index >= 15 is 0 Å². The van der Waals surface area contributed by atoms with Crippen LogP contribution in [0.25, 0.3) is 0 Å². The molecule has 0 fully saturated rings. The maximum absolute atomic E-state index is 14.0. The smallest absolute Gasteiger partial charge is 0.257 e. The van der Waals surface area contributed by atoms with Gasteiger partial charge in [-0.05, 0) is 24.0 Å². The van der Waals surface area contributed by atoms with Gasteiger partial charge in [-0.25, -0.2) is 8.78 Å². The van der Waals surface area contributed by atoms with Gasteiger partial charge in [0.1, 0.15) is 11.4 Å². The predicted molar refractivity (Wildman–Crippen MR) is 75.3 cm³/mol. The van der Waals surface area contributed by atoms with Crippen LogP contribution in [0.1, 0.15) is 37.6 Å². The second kappa shape index (κ2) is 6.85. The van der Waals surface area contributed by atoms with Crippen LogP contribution in [-0.2, 0) is 0 Å². The van der Waals surface area contributed by atoms with Crippen LogP contribution in [0.2, 0.25) is 0 Å². The van der Waals surface area contributed by atoms with Crippen molar-refractivity contribution in [2.24, 2.45) is 5.41 Å². The van der Waals surface area contributed by atoms with Gasteiger partial charge in [-0.1, -0.05) is 20.8 Å². The number of rotatable bonds is 5. The van der Waals surface area contributed by atoms with Crippen molar-refractivity contribution in [1.29, 1.82) is 0 Å². The summed E-state index contributed by atoms with van der Waals surface area (Å²) in [6.45, 7) is 5.51. The minimum atomic E-state index is -1.05. The fourth-order valence-corrected chi connectivity index (χ4v) is 2.06. The number of benzene rings is 1. The topological polar surface area (TPSA) is 58.6 Å². The van der Waals surface area contributed by atoms with Crippen LogP contribution in [0.3, 0.4) is 0 Å². The molecule has 1 aromatic rings. The molecule has 0 bridgehead atoms. The van der Waals surface area contributed by atoms with Crippen LogP contribution < -0.4 is 10.1 Å². The molecule has 1 rings (SSSR count). The van der Waals surface area contributed by atoms with Gasteiger partial charge < -0.3 is 15.2 Å². The molecule has 0 aliphatic carbocycles. The van der Waals surface area contributed by atoms with E-state index in [1.807, 2.05) is 20.8 Å². The Bertz CT molecular complexity index is 512. The summed E-state index contributed by atoms with van der Waals surface area (Å²) in [6, 6.07) is 1.50. The lowest BCUT2D eigenvalue weighted by Gasteiger charge is -2.25. The standard InChI is InChI=1S/C15H21F2NO3/c1-15(2,3)7-9(8-19)18-14(20)12-10(16)5-6-11(21-4)13(12)17/h5-6,9,19H,7-8H2,1-4H3,(H,18,20). The Morgan fingerprint density at radius 2 is 2.00 bits per heavy atom. The van der Waals surface area contributed by atoms with E-state index in [1.165, 1.54) is 7.11 Å². The van der Waals surface area contributed by atoms with Gasteiger partial charge in [-0.2, -0.15) is 0 Å². The summed E-state index contributed by atoms with van der Waals surface area (Å²) in [5.74, 6) is -3.15. The number of nitrogens with one attached hydrogen (secondary N) is 1. The first-order valence-corrected chi connectivity index (χ1v) is 6.63. The Kier molecular flexibility index (Phi) is 5.66. The Hall–Kier alpha value is -1.69. The quantitative estimate of drug-likeness (QED) is 0.878. The van der Waals surface area contributed by atoms with Crippen LogP contribution in [0.15, 0.2) is 12.1 Å². The van der Waals surface area contributed by atoms with Crippen molar-refractivity contribution in [3.05, 3.63) is 29.3 Å². The van der Waals surface area contributed by atoms with Gasteiger partial charge in [0.25, 0.3) is 5.91 Å². The summed E-state index contributed by atoms with van der Waals surface area (Å²) in [5.41, 5.74) is -0.853. The monoisotopic (exact) mass is 301 g/mol. The molecular weight excluding hydrogens is 280 g/mol. The van der Waals surface area contributed by atoms with Gasteiger partial charge in [0.2, 0.25) is 0 Å². The summed E-state index contributed by atoms with van der Waals surface area (Å²) < 4.78 is 32.4. The summed E-state index contributed by atoms with van der Waals surface area (Å²) in [4.78, 5) is 12.1. The average Bonchev–Trinajstić information content (AvgIpc) is 2.36. The number of halogens is 2. The van der Waals surface area contributed by atoms with E-state index in [-0.39, 0.29) is 17.8 Å². The molecule has 2 N–H and O–H groups in total. The molecule has 0 spiro atoms. The van der Waals surface area contributed by atoms with Crippen molar-refractivity contribution < 1.29 is 23.4 Å². The van der Waals surface area contributed by atoms with Crippen LogP contribution in [-0.4, -0.2) is 30.8 Å². The summed E-state index contributed by atoms with van der Waals surface area (Å²) in [6.07, 6.45) is 0.475. The second-order valence-electron chi connectivity index (χ2n) is 6.06. The van der Waals surface area contributed by atoms with Gasteiger partial charge in [-0.15, -0.1) is 0 Å². The molecule has 0 heterocycles. The Labute approximate surface area is 123 Å². The van der Waals surface area contributed by atoms with E-state index in [0.29, 0.717) is 6.42 Å². The number of methoxy groups -OCH3 is 1. The molecule has 1 atom stereocenters. The number of aliphatic hydroxyl groups excluding tert-OH is 1. The zero-order valence-corrected chi connectivity index (χ0v) is 12.7. The summed E-state index contributed by atoms with van der Waals surface area (Å²) in [5, 5.41) is 11.7. The molecule has 4 nitrogen and oxygen atoms in total. The van der Waals surface area contributed by atoms with Gasteiger partial charge >= 0.3 is 0 Å². The SMILES string of the molecule is COc1ccc(F)c(C(=O)NC(CO)CC(C)(C)C)c1F. The molecule has 118 valence electrons. The normalized spacial score (nSPS) is 12.9. The number of hydrogen-bond donors (Lipinski definition) is 2. The maximum atomic E-state index is 14.0. The third-order valence-electron chi connectivity index (χ3n) is 2.92. The van der Waals surface area contributed by atoms with Gasteiger partial charge in [-0.3, -0.25) is 4.79 Å². The fourth-order valence-electron chi connectivity index (χ4n) is 2.06. The van der Waals surface area contributed by atoms with E-state index in [9.17, 15) is 18.7 Å². The number of ether oxygens (including phenoxy) is 1. The van der Waals surface area contributed by atoms with Crippen molar-refractivity contribution in [3.8, 4) is 5.75 Å². The van der Waals surface area contributed by atoms with Crippen molar-refractivity contribution in [2.45, 2.75) is 33.2 Å². The lowest BCUT2D eigenvalue weighted by molar-refractivity contribution is 0.0888. The van der Waals surface area contributed by atoms with Crippen LogP contribution in [0.5, 0.6) is 5.75 Å². The molecule has 0 radical (unpaired) electrons. The van der Waals surface area contributed by atoms with E-state index in [4.69, 9.17) is 4.74 Å². The van der Waals surface area contributed by atoms with Crippen LogP contribution >= 0.6 is 0 Å². The highest BCUT2D eigenvalue weighted by Gasteiger charge is 2.25. The highest BCUT2D eigenvalue weighted by Crippen LogP contribution is 2.24. The Balaban J connectivity index is 2.98. The fraction of sp³-hybridized carbons (Fsp3) is 0.533. The van der Waals surface area contributed by atoms with Crippen molar-refractivity contribution in [3.63, 3.8) is 0 Å². The Morgan fingerprint density at radius 1 is 1.38 bits per heavy atom. The highest BCUT2D eigenvalue weighted by atomic mass is 19.1. The zero-order chi connectivity index (χ0) is 16.2. The third-order valence-corrected chi connectivity index (χ3v) is 2.92. The number of hydrogen-bond acceptors (Lipinski definition) is 3. The van der Waals surface area contributed by atoms with Gasteiger partial charge in [0.15, 0.2) is 11.6 Å². The van der Waals surface area contributed by atoms with Crippen molar-refractivity contribution in [2.75, 3.05) is 13.7 Å². The molecule has 1 amide bonds. The van der Waals surface area contributed by atoms with Gasteiger partial charge in [0, 0.05) is 0 Å². The molecule has 0 aromatic heterocycles. The third kappa shape index (κ3) is 4.67. The number of carbonyl (C=O) groups is 1. The first kappa shape index (κ1) is 17.4. The molecule has 0 aliphatic rings. The molecular formula is C15H21F2NO3. The van der Waals surface area contributed by atoms with E-state index in [0.717, 1.165) is 12.1 Å². The van der Waals surface area contributed by atoms with Crippen molar-refractivity contribution in [1.82, 2.24) is 5.32 Å². The number of carbonyl (C=O) groups excluding carboxylic acids is 1. The lowest BCUT2D eigenvalue weighted by Crippen LogP contribution is -2.40. The Morgan fingerprint density at radius 3 is 2.48 bits per heavy atom. The van der Waals surface area contributed by atoms with Crippen LogP contribution in [0.4, 0.5) is 8.78 Å². The van der Waals surface area contributed by atoms with Crippen molar-refractivity contribution >= 4 is 5.91 Å². The summed E-state index contributed by atoms with van der Waals surface area (Å²) >= 11 is 0. The molecule has 0 saturated carbocycles. The summed E-state index contributed by atoms with van der Waals surface area (Å²) in [7, 11) is 1.23. The van der Waals surface area contributed by atoms with E-state index < -0.39 is 29.1 Å². The zero-order valence-electron chi connectivity index (χ0n) is 12.7. The van der Waals surface area contributed by atoms with E-state index in [1.54, 1.807) is 0 Å². The highest BCUT2D eigenvalue weighted by molar-refractivity contribution is 5.95. The largest absolute Gasteiger partial charge is 0.494 e. The molecule has 0 aliphatic heterocycles. The molecule has 1 aromatic carbocycles. The minimum Gasteiger partial charge on any atom is -0.494 e. The number of aliphatic hydroxyl groups is 1. The van der Waals surface area contributed by atoms with E-state index in [2.05, 4.69) is 5.32 Å². The first-order chi connectivity index (χ1) is 9.69. The first-order valence-electron chi connectivity index (χ1n) is 6.63. The molecule has 0 saturated heterocycles. The van der Waals surface area contributed by atoms with Gasteiger partial charge in [0.05, 0.1) is 19.8 Å².